The lowest BCUT2D eigenvalue weighted by molar-refractivity contribution is 0.152. The maximum absolute atomic E-state index is 9.53. The molecule has 148 valence electrons. The number of fused-ring (bicyclic) bond motifs is 1. The molecule has 1 aliphatic rings. The Kier molecular flexibility index (Phi) is 5.59. The van der Waals surface area contributed by atoms with Crippen LogP contribution in [-0.4, -0.2) is 50.8 Å². The average Bonchev–Trinajstić information content (AvgIpc) is 3.32. The quantitative estimate of drug-likeness (QED) is 0.655. The first-order valence-electron chi connectivity index (χ1n) is 10.0. The summed E-state index contributed by atoms with van der Waals surface area (Å²) >= 11 is 0. The van der Waals surface area contributed by atoms with Crippen molar-refractivity contribution in [1.29, 1.82) is 0 Å². The van der Waals surface area contributed by atoms with Gasteiger partial charge in [-0.05, 0) is 49.6 Å². The van der Waals surface area contributed by atoms with E-state index in [1.54, 1.807) is 6.20 Å². The van der Waals surface area contributed by atoms with Gasteiger partial charge in [-0.25, -0.2) is 4.98 Å². The van der Waals surface area contributed by atoms with E-state index in [2.05, 4.69) is 58.0 Å². The van der Waals surface area contributed by atoms with Crippen molar-refractivity contribution >= 4 is 10.9 Å². The normalized spacial score (nSPS) is 17.6. The molecule has 3 heterocycles. The van der Waals surface area contributed by atoms with Crippen molar-refractivity contribution in [1.82, 2.24) is 19.9 Å². The Morgan fingerprint density at radius 1 is 1.29 bits per heavy atom. The number of ether oxygens (including phenoxy) is 1. The smallest absolute Gasteiger partial charge is 0.316 e. The number of benzene rings is 1. The number of likely N-dealkylation sites (tertiary alicyclic amines) is 1. The van der Waals surface area contributed by atoms with Crippen molar-refractivity contribution < 1.29 is 9.84 Å². The van der Waals surface area contributed by atoms with Crippen LogP contribution in [0.15, 0.2) is 36.5 Å². The number of aromatic nitrogens is 3. The number of nitrogens with one attached hydrogen (secondary N) is 1. The Labute approximate surface area is 165 Å². The predicted molar refractivity (Wildman–Crippen MR) is 110 cm³/mol. The largest absolute Gasteiger partial charge is 0.463 e. The number of hydrogen-bond acceptors (Lipinski definition) is 5. The molecule has 0 bridgehead atoms. The van der Waals surface area contributed by atoms with Crippen LogP contribution in [0.3, 0.4) is 0 Å². The summed E-state index contributed by atoms with van der Waals surface area (Å²) in [5.74, 6) is 0.433. The van der Waals surface area contributed by atoms with Crippen LogP contribution in [0.2, 0.25) is 0 Å². The highest BCUT2D eigenvalue weighted by Crippen LogP contribution is 2.26. The zero-order valence-electron chi connectivity index (χ0n) is 16.6. The second kappa shape index (κ2) is 8.29. The number of hydrogen-bond donors (Lipinski definition) is 2. The Morgan fingerprint density at radius 3 is 3.00 bits per heavy atom. The highest BCUT2D eigenvalue weighted by Gasteiger charge is 2.24. The molecule has 1 saturated heterocycles. The van der Waals surface area contributed by atoms with Gasteiger partial charge in [-0.3, -0.25) is 4.90 Å². The number of aliphatic hydroxyl groups excluding tert-OH is 1. The maximum atomic E-state index is 9.53. The zero-order valence-corrected chi connectivity index (χ0v) is 16.6. The maximum Gasteiger partial charge on any atom is 0.316 e. The van der Waals surface area contributed by atoms with E-state index in [9.17, 15) is 5.11 Å². The molecule has 0 saturated carbocycles. The second-order valence-electron chi connectivity index (χ2n) is 7.98. The Morgan fingerprint density at radius 2 is 2.18 bits per heavy atom. The van der Waals surface area contributed by atoms with Crippen LogP contribution >= 0.6 is 0 Å². The molecule has 2 aromatic heterocycles. The van der Waals surface area contributed by atoms with Gasteiger partial charge in [0.2, 0.25) is 0 Å². The van der Waals surface area contributed by atoms with Gasteiger partial charge < -0.3 is 14.8 Å². The van der Waals surface area contributed by atoms with Crippen LogP contribution in [0.25, 0.3) is 22.2 Å². The average molecular weight is 380 g/mol. The summed E-state index contributed by atoms with van der Waals surface area (Å²) < 4.78 is 5.66. The second-order valence-corrected chi connectivity index (χ2v) is 7.98. The molecule has 6 heteroatoms. The molecule has 1 aromatic carbocycles. The highest BCUT2D eigenvalue weighted by molar-refractivity contribution is 5.85. The van der Waals surface area contributed by atoms with Gasteiger partial charge in [0.25, 0.3) is 0 Å². The minimum Gasteiger partial charge on any atom is -0.463 e. The fourth-order valence-electron chi connectivity index (χ4n) is 3.78. The van der Waals surface area contributed by atoms with Gasteiger partial charge in [0.15, 0.2) is 0 Å². The fraction of sp³-hybridized carbons (Fsp3) is 0.455. The number of nitrogens with zero attached hydrogens (tertiary/aromatic N) is 3. The van der Waals surface area contributed by atoms with Crippen LogP contribution in [0.1, 0.15) is 32.4 Å². The van der Waals surface area contributed by atoms with Crippen LogP contribution in [0, 0.1) is 5.92 Å². The standard InChI is InChI=1S/C22H28N4O2/c1-15(2)14-28-22-23-8-7-21(25-22)16-5-6-20-17(10-16)11-18(24-20)12-26-9-3-4-19(26)13-27/h5-8,10-11,15,19,24,27H,3-4,9,12-14H2,1-2H3/t19-/m1/s1. The van der Waals surface area contributed by atoms with Crippen LogP contribution < -0.4 is 4.74 Å². The van der Waals surface area contributed by atoms with Crippen molar-refractivity contribution in [2.75, 3.05) is 19.8 Å². The lowest BCUT2D eigenvalue weighted by Crippen LogP contribution is -2.31. The summed E-state index contributed by atoms with van der Waals surface area (Å²) in [6.45, 7) is 6.94. The first kappa shape index (κ1) is 18.9. The first-order valence-corrected chi connectivity index (χ1v) is 10.0. The van der Waals surface area contributed by atoms with Crippen LogP contribution in [0.5, 0.6) is 6.01 Å². The lowest BCUT2D eigenvalue weighted by atomic mass is 10.1. The van der Waals surface area contributed by atoms with Crippen molar-refractivity contribution in [3.8, 4) is 17.3 Å². The third-order valence-corrected chi connectivity index (χ3v) is 5.23. The summed E-state index contributed by atoms with van der Waals surface area (Å²) in [4.78, 5) is 14.6. The summed E-state index contributed by atoms with van der Waals surface area (Å²) in [7, 11) is 0. The molecule has 2 N–H and O–H groups in total. The van der Waals surface area contributed by atoms with E-state index < -0.39 is 0 Å². The number of aromatic amines is 1. The van der Waals surface area contributed by atoms with Gasteiger partial charge in [0.05, 0.1) is 18.9 Å². The SMILES string of the molecule is CC(C)COc1nccc(-c2ccc3[nH]c(CN4CCC[C@@H]4CO)cc3c2)n1. The molecule has 1 fully saturated rings. The first-order chi connectivity index (χ1) is 13.6. The number of aliphatic hydroxyl groups is 1. The third-order valence-electron chi connectivity index (χ3n) is 5.23. The molecule has 3 aromatic rings. The Bertz CT molecular complexity index is 937. The topological polar surface area (TPSA) is 74.3 Å². The molecule has 0 aliphatic carbocycles. The molecule has 0 unspecified atom stereocenters. The summed E-state index contributed by atoms with van der Waals surface area (Å²) in [6, 6.07) is 11.1. The summed E-state index contributed by atoms with van der Waals surface area (Å²) in [6.07, 6.45) is 3.98. The van der Waals surface area contributed by atoms with Gasteiger partial charge in [-0.1, -0.05) is 19.9 Å². The molecule has 1 aliphatic heterocycles. The van der Waals surface area contributed by atoms with E-state index in [-0.39, 0.29) is 12.6 Å². The van der Waals surface area contributed by atoms with Crippen molar-refractivity contribution in [3.05, 3.63) is 42.2 Å². The predicted octanol–water partition coefficient (Wildman–Crippen LogP) is 3.62. The van der Waals surface area contributed by atoms with Gasteiger partial charge in [0, 0.05) is 40.9 Å². The van der Waals surface area contributed by atoms with Crippen molar-refractivity contribution in [2.24, 2.45) is 5.92 Å². The van der Waals surface area contributed by atoms with Gasteiger partial charge in [-0.15, -0.1) is 0 Å². The molecule has 4 rings (SSSR count). The van der Waals surface area contributed by atoms with Crippen molar-refractivity contribution in [3.63, 3.8) is 0 Å². The minimum atomic E-state index is 0.235. The van der Waals surface area contributed by atoms with E-state index in [1.807, 2.05) is 6.07 Å². The summed E-state index contributed by atoms with van der Waals surface area (Å²) in [5.41, 5.74) is 4.20. The molecule has 0 radical (unpaired) electrons. The van der Waals surface area contributed by atoms with Gasteiger partial charge >= 0.3 is 6.01 Å². The summed E-state index contributed by atoms with van der Waals surface area (Å²) in [5, 5.41) is 10.7. The van der Waals surface area contributed by atoms with E-state index >= 15 is 0 Å². The minimum absolute atomic E-state index is 0.235. The third kappa shape index (κ3) is 4.18. The lowest BCUT2D eigenvalue weighted by Gasteiger charge is -2.21. The van der Waals surface area contributed by atoms with E-state index in [4.69, 9.17) is 4.74 Å². The van der Waals surface area contributed by atoms with Gasteiger partial charge in [0.1, 0.15) is 0 Å². The Balaban J connectivity index is 1.54. The molecule has 0 spiro atoms. The Hall–Kier alpha value is -2.44. The molecular weight excluding hydrogens is 352 g/mol. The van der Waals surface area contributed by atoms with E-state index in [0.717, 1.165) is 48.1 Å². The molecule has 1 atom stereocenters. The zero-order chi connectivity index (χ0) is 19.5. The monoisotopic (exact) mass is 380 g/mol. The molecule has 28 heavy (non-hydrogen) atoms. The number of H-pyrrole nitrogens is 1. The molecule has 6 nitrogen and oxygen atoms in total. The molecular formula is C22H28N4O2. The molecule has 0 amide bonds. The number of rotatable bonds is 7. The van der Waals surface area contributed by atoms with E-state index in [1.165, 1.54) is 5.69 Å². The highest BCUT2D eigenvalue weighted by atomic mass is 16.5. The van der Waals surface area contributed by atoms with Crippen molar-refractivity contribution in [2.45, 2.75) is 39.3 Å². The fourth-order valence-corrected chi connectivity index (χ4v) is 3.78. The van der Waals surface area contributed by atoms with Gasteiger partial charge in [-0.2, -0.15) is 4.98 Å². The van der Waals surface area contributed by atoms with Crippen LogP contribution in [-0.2, 0) is 6.54 Å². The van der Waals surface area contributed by atoms with Crippen LogP contribution in [0.4, 0.5) is 0 Å². The van der Waals surface area contributed by atoms with E-state index in [0.29, 0.717) is 18.5 Å².